The maximum absolute atomic E-state index is 12.8. The maximum Gasteiger partial charge on any atom is 1.00 e. The summed E-state index contributed by atoms with van der Waals surface area (Å²) in [6.07, 6.45) is 6.12. The minimum atomic E-state index is -0.226. The van der Waals surface area contributed by atoms with Crippen LogP contribution in [0.3, 0.4) is 0 Å². The molecule has 5 rings (SSSR count). The van der Waals surface area contributed by atoms with Crippen molar-refractivity contribution in [2.24, 2.45) is 0 Å². The number of hydrogen-bond acceptors (Lipinski definition) is 8. The summed E-state index contributed by atoms with van der Waals surface area (Å²) in [5, 5.41) is 6.40. The van der Waals surface area contributed by atoms with Gasteiger partial charge in [0.25, 0.3) is 5.91 Å². The summed E-state index contributed by atoms with van der Waals surface area (Å²) in [4.78, 5) is 26.5. The second kappa shape index (κ2) is 14.4. The molecule has 4 heterocycles. The summed E-state index contributed by atoms with van der Waals surface area (Å²) in [7, 11) is 0. The molecule has 0 spiro atoms. The Morgan fingerprint density at radius 1 is 1.00 bits per heavy atom. The Bertz CT molecular complexity index is 1060. The summed E-state index contributed by atoms with van der Waals surface area (Å²) in [5.74, 6) is 2.09. The van der Waals surface area contributed by atoms with E-state index in [4.69, 9.17) is 14.2 Å². The van der Waals surface area contributed by atoms with E-state index in [-0.39, 0.29) is 62.7 Å². The van der Waals surface area contributed by atoms with Gasteiger partial charge in [-0.05, 0) is 30.4 Å². The first-order valence-corrected chi connectivity index (χ1v) is 12.5. The van der Waals surface area contributed by atoms with Gasteiger partial charge in [-0.15, -0.1) is 18.3 Å². The van der Waals surface area contributed by atoms with Crippen molar-refractivity contribution in [1.82, 2.24) is 15.1 Å². The molecule has 192 valence electrons. The van der Waals surface area contributed by atoms with Gasteiger partial charge in [-0.2, -0.15) is 29.2 Å². The number of rotatable bonds is 4. The number of carbonyl (C=O) groups excluding carboxylic acids is 1. The summed E-state index contributed by atoms with van der Waals surface area (Å²) >= 11 is 0. The van der Waals surface area contributed by atoms with Crippen LogP contribution in [0.2, 0.25) is 0 Å². The van der Waals surface area contributed by atoms with Gasteiger partial charge < -0.3 is 24.4 Å². The fourth-order valence-corrected chi connectivity index (χ4v) is 3.93. The van der Waals surface area contributed by atoms with E-state index in [0.29, 0.717) is 24.9 Å². The molecule has 3 aromatic rings. The van der Waals surface area contributed by atoms with Crippen molar-refractivity contribution < 1.29 is 65.4 Å². The zero-order valence-corrected chi connectivity index (χ0v) is 25.4. The van der Waals surface area contributed by atoms with Gasteiger partial charge in [0.15, 0.2) is 0 Å². The molecule has 0 radical (unpaired) electrons. The van der Waals surface area contributed by atoms with Crippen molar-refractivity contribution in [2.45, 2.75) is 45.4 Å². The molecule has 10 heteroatoms. The molecule has 1 aromatic carbocycles. The van der Waals surface area contributed by atoms with Crippen LogP contribution in [-0.2, 0) is 10.2 Å². The second-order valence-corrected chi connectivity index (χ2v) is 9.87. The van der Waals surface area contributed by atoms with Crippen LogP contribution in [0, 0.1) is 12.3 Å². The largest absolute Gasteiger partial charge is 1.00 e. The Morgan fingerprint density at radius 2 is 1.70 bits per heavy atom. The average molecular weight is 530 g/mol. The number of ether oxygens (including phenoxy) is 1. The fourth-order valence-electron chi connectivity index (χ4n) is 3.93. The molecule has 2 fully saturated rings. The van der Waals surface area contributed by atoms with Crippen LogP contribution in [0.5, 0.6) is 0 Å². The minimum absolute atomic E-state index is 0. The molecular weight excluding hydrogens is 495 g/mol. The maximum atomic E-state index is 12.8. The van der Waals surface area contributed by atoms with Crippen molar-refractivity contribution >= 4 is 23.4 Å². The van der Waals surface area contributed by atoms with E-state index < -0.39 is 0 Å². The third-order valence-electron chi connectivity index (χ3n) is 6.02. The van der Waals surface area contributed by atoms with E-state index in [2.05, 4.69) is 58.3 Å². The van der Waals surface area contributed by atoms with E-state index in [1.54, 1.807) is 24.3 Å². The van der Waals surface area contributed by atoms with Crippen LogP contribution < -0.4 is 66.5 Å². The molecule has 0 saturated carbocycles. The Kier molecular flexibility index (Phi) is 11.5. The number of nitrogens with one attached hydrogen (secondary N) is 1. The van der Waals surface area contributed by atoms with E-state index in [9.17, 15) is 4.79 Å². The van der Waals surface area contributed by atoms with Gasteiger partial charge in [-0.3, -0.25) is 4.79 Å². The molecule has 1 amide bonds. The Labute approximate surface area is 261 Å². The second-order valence-electron chi connectivity index (χ2n) is 9.87. The summed E-state index contributed by atoms with van der Waals surface area (Å²) in [5.41, 5.74) is 1.18. The smallest absolute Gasteiger partial charge is 0.470 e. The van der Waals surface area contributed by atoms with Gasteiger partial charge in [0.05, 0.1) is 13.2 Å². The van der Waals surface area contributed by atoms with E-state index in [1.807, 2.05) is 12.1 Å². The first kappa shape index (κ1) is 29.7. The number of carbonyl (C=O) groups is 1. The van der Waals surface area contributed by atoms with Gasteiger partial charge in [0.1, 0.15) is 11.5 Å². The summed E-state index contributed by atoms with van der Waals surface area (Å²) in [6, 6.07) is 13.7. The average Bonchev–Trinajstić information content (AvgIpc) is 3.47. The molecular formula is C27H34KN6O3-. The van der Waals surface area contributed by atoms with Crippen molar-refractivity contribution in [3.63, 3.8) is 0 Å². The van der Waals surface area contributed by atoms with Crippen LogP contribution in [0.1, 0.15) is 56.3 Å². The SMILES string of the molecule is CC(C)(C)c1c[c-]no1.O=C(Nc1cc[c-]cc1)c1cc(N2CCOCC2)nc(N2CCCCC2)n1.[K+]. The molecule has 1 N–H and O–H groups in total. The van der Waals surface area contributed by atoms with Crippen LogP contribution in [0.25, 0.3) is 0 Å². The topological polar surface area (TPSA) is 96.6 Å². The van der Waals surface area contributed by atoms with Crippen LogP contribution in [0.4, 0.5) is 17.5 Å². The molecule has 9 nitrogen and oxygen atoms in total. The van der Waals surface area contributed by atoms with Crippen LogP contribution >= 0.6 is 0 Å². The third-order valence-corrected chi connectivity index (χ3v) is 6.02. The quantitative estimate of drug-likeness (QED) is 0.397. The molecule has 2 aromatic heterocycles. The zero-order valence-electron chi connectivity index (χ0n) is 22.3. The van der Waals surface area contributed by atoms with Gasteiger partial charge in [-0.25, -0.2) is 10.1 Å². The zero-order chi connectivity index (χ0) is 25.4. The molecule has 0 atom stereocenters. The normalized spacial score (nSPS) is 15.8. The standard InChI is InChI=1S/C20H24N5O2.C7H10NO.K/c26-19(21-16-7-3-1-4-8-16)17-15-18(24-11-13-27-14-12-24)23-20(22-17)25-9-5-2-6-10-25;1-7(2,3)6-4-5-8-9-6;/h3-4,7-8,15H,2,5-6,9-14H2,(H,21,26);4H,1-3H3;/q2*-1;+1. The molecule has 0 unspecified atom stereocenters. The minimum Gasteiger partial charge on any atom is -0.470 e. The number of amides is 1. The molecule has 37 heavy (non-hydrogen) atoms. The van der Waals surface area contributed by atoms with Crippen molar-refractivity contribution in [1.29, 1.82) is 0 Å². The van der Waals surface area contributed by atoms with Gasteiger partial charge in [0.2, 0.25) is 5.95 Å². The Morgan fingerprint density at radius 3 is 2.30 bits per heavy atom. The summed E-state index contributed by atoms with van der Waals surface area (Å²) in [6.45, 7) is 11.0. The number of benzene rings is 1. The van der Waals surface area contributed by atoms with Crippen LogP contribution in [-0.4, -0.2) is 60.4 Å². The third kappa shape index (κ3) is 8.87. The number of nitrogens with zero attached hydrogens (tertiary/aromatic N) is 5. The number of hydrogen-bond donors (Lipinski definition) is 1. The van der Waals surface area contributed by atoms with Crippen molar-refractivity contribution in [3.8, 4) is 0 Å². The Balaban J connectivity index is 0.000000324. The number of aromatic nitrogens is 3. The van der Waals surface area contributed by atoms with E-state index >= 15 is 0 Å². The first-order chi connectivity index (χ1) is 17.4. The van der Waals surface area contributed by atoms with Crippen LogP contribution in [0.15, 0.2) is 40.9 Å². The van der Waals surface area contributed by atoms with Crippen molar-refractivity contribution in [3.05, 3.63) is 60.1 Å². The predicted octanol–water partition coefficient (Wildman–Crippen LogP) is 1.13. The molecule has 0 bridgehead atoms. The molecule has 2 aliphatic rings. The van der Waals surface area contributed by atoms with Gasteiger partial charge in [0, 0.05) is 32.2 Å². The number of morpholine rings is 1. The van der Waals surface area contributed by atoms with Gasteiger partial charge in [-0.1, -0.05) is 26.5 Å². The van der Waals surface area contributed by atoms with Gasteiger partial charge >= 0.3 is 51.4 Å². The fraction of sp³-hybridized carbons (Fsp3) is 0.481. The number of piperidine rings is 1. The van der Waals surface area contributed by atoms with Crippen molar-refractivity contribution in [2.75, 3.05) is 54.5 Å². The predicted molar refractivity (Wildman–Crippen MR) is 138 cm³/mol. The Hall–Kier alpha value is -1.82. The molecule has 0 aliphatic carbocycles. The summed E-state index contributed by atoms with van der Waals surface area (Å²) < 4.78 is 10.3. The van der Waals surface area contributed by atoms with E-state index in [1.165, 1.54) is 6.42 Å². The first-order valence-electron chi connectivity index (χ1n) is 12.5. The number of anilines is 3. The molecule has 2 aliphatic heterocycles. The monoisotopic (exact) mass is 529 g/mol. The molecule has 2 saturated heterocycles. The van der Waals surface area contributed by atoms with E-state index in [0.717, 1.165) is 56.3 Å².